The highest BCUT2D eigenvalue weighted by Gasteiger charge is 2.28. The van der Waals surface area contributed by atoms with Gasteiger partial charge in [0.15, 0.2) is 5.92 Å². The van der Waals surface area contributed by atoms with Gasteiger partial charge in [-0.2, -0.15) is 0 Å². The number of hydrogen-bond donors (Lipinski definition) is 2. The maximum Gasteiger partial charge on any atom is 0.317 e. The first-order valence-corrected chi connectivity index (χ1v) is 12.0. The van der Waals surface area contributed by atoms with Gasteiger partial charge < -0.3 is 10.2 Å². The summed E-state index contributed by atoms with van der Waals surface area (Å²) in [6.07, 6.45) is 21.1. The SMILES string of the molecule is CCCCCCCCCCCCC(CCCCCCC)CC(C(=O)O)C(=O)O. The van der Waals surface area contributed by atoms with Crippen LogP contribution in [0, 0.1) is 11.8 Å². The summed E-state index contributed by atoms with van der Waals surface area (Å²) in [6.45, 7) is 4.44. The number of carbonyl (C=O) groups is 2. The Morgan fingerprint density at radius 1 is 0.571 bits per heavy atom. The molecule has 0 radical (unpaired) electrons. The molecule has 0 amide bonds. The zero-order valence-corrected chi connectivity index (χ0v) is 18.6. The molecule has 0 aromatic heterocycles. The molecule has 0 aliphatic rings. The number of carboxylic acids is 2. The third-order valence-corrected chi connectivity index (χ3v) is 5.85. The predicted octanol–water partition coefficient (Wildman–Crippen LogP) is 7.45. The number of aliphatic carboxylic acids is 2. The second-order valence-corrected chi connectivity index (χ2v) is 8.50. The molecule has 0 rings (SSSR count). The highest BCUT2D eigenvalue weighted by atomic mass is 16.4. The lowest BCUT2D eigenvalue weighted by atomic mass is 9.86. The molecule has 0 aromatic carbocycles. The van der Waals surface area contributed by atoms with Crippen LogP contribution in [0.3, 0.4) is 0 Å². The van der Waals surface area contributed by atoms with Crippen LogP contribution in [0.4, 0.5) is 0 Å². The lowest BCUT2D eigenvalue weighted by Crippen LogP contribution is -2.26. The van der Waals surface area contributed by atoms with Gasteiger partial charge in [0.25, 0.3) is 0 Å². The first-order valence-electron chi connectivity index (χ1n) is 12.0. The van der Waals surface area contributed by atoms with Crippen molar-refractivity contribution in [2.45, 2.75) is 129 Å². The largest absolute Gasteiger partial charge is 0.481 e. The molecule has 1 unspecified atom stereocenters. The highest BCUT2D eigenvalue weighted by Crippen LogP contribution is 2.26. The van der Waals surface area contributed by atoms with Crippen molar-refractivity contribution < 1.29 is 19.8 Å². The lowest BCUT2D eigenvalue weighted by molar-refractivity contribution is -0.155. The topological polar surface area (TPSA) is 74.6 Å². The molecule has 0 saturated carbocycles. The fourth-order valence-corrected chi connectivity index (χ4v) is 3.98. The minimum atomic E-state index is -1.25. The van der Waals surface area contributed by atoms with Crippen molar-refractivity contribution in [2.24, 2.45) is 11.8 Å². The molecule has 1 atom stereocenters. The van der Waals surface area contributed by atoms with E-state index in [2.05, 4.69) is 13.8 Å². The predicted molar refractivity (Wildman–Crippen MR) is 117 cm³/mol. The fraction of sp³-hybridized carbons (Fsp3) is 0.917. The molecule has 28 heavy (non-hydrogen) atoms. The van der Waals surface area contributed by atoms with E-state index in [1.807, 2.05) is 0 Å². The molecule has 4 heteroatoms. The highest BCUT2D eigenvalue weighted by molar-refractivity contribution is 5.92. The Balaban J connectivity index is 4.08. The molecule has 0 saturated heterocycles. The van der Waals surface area contributed by atoms with Crippen molar-refractivity contribution >= 4 is 11.9 Å². The minimum Gasteiger partial charge on any atom is -0.481 e. The van der Waals surface area contributed by atoms with Gasteiger partial charge >= 0.3 is 11.9 Å². The van der Waals surface area contributed by atoms with Crippen LogP contribution in [-0.2, 0) is 9.59 Å². The molecular weight excluding hydrogens is 352 g/mol. The van der Waals surface area contributed by atoms with E-state index >= 15 is 0 Å². The molecular formula is C24H46O4. The monoisotopic (exact) mass is 398 g/mol. The summed E-state index contributed by atoms with van der Waals surface area (Å²) in [6, 6.07) is 0. The quantitative estimate of drug-likeness (QED) is 0.155. The average molecular weight is 399 g/mol. The Bertz CT molecular complexity index is 367. The standard InChI is InChI=1S/C24H46O4/c1-3-5-7-9-10-11-12-13-15-17-19-21(18-16-14-8-6-4-2)20-22(23(25)26)24(27)28/h21-22H,3-20H2,1-2H3,(H,25,26)(H,27,28). The Morgan fingerprint density at radius 2 is 0.893 bits per heavy atom. The van der Waals surface area contributed by atoms with Crippen LogP contribution in [0.25, 0.3) is 0 Å². The van der Waals surface area contributed by atoms with Crippen LogP contribution in [0.2, 0.25) is 0 Å². The number of hydrogen-bond acceptors (Lipinski definition) is 2. The Hall–Kier alpha value is -1.06. The van der Waals surface area contributed by atoms with Crippen LogP contribution in [0.15, 0.2) is 0 Å². The molecule has 4 nitrogen and oxygen atoms in total. The van der Waals surface area contributed by atoms with Gasteiger partial charge in [-0.3, -0.25) is 9.59 Å². The van der Waals surface area contributed by atoms with Crippen molar-refractivity contribution in [1.29, 1.82) is 0 Å². The van der Waals surface area contributed by atoms with Gasteiger partial charge in [0.2, 0.25) is 0 Å². The van der Waals surface area contributed by atoms with E-state index in [0.717, 1.165) is 25.7 Å². The molecule has 0 spiro atoms. The summed E-state index contributed by atoms with van der Waals surface area (Å²) in [5.41, 5.74) is 0. The van der Waals surface area contributed by atoms with E-state index in [4.69, 9.17) is 0 Å². The Morgan fingerprint density at radius 3 is 1.21 bits per heavy atom. The van der Waals surface area contributed by atoms with Crippen LogP contribution in [-0.4, -0.2) is 22.2 Å². The third kappa shape index (κ3) is 15.9. The molecule has 0 aromatic rings. The third-order valence-electron chi connectivity index (χ3n) is 5.85. The molecule has 166 valence electrons. The Labute approximate surface area is 173 Å². The normalized spacial score (nSPS) is 12.4. The van der Waals surface area contributed by atoms with Crippen molar-refractivity contribution in [3.63, 3.8) is 0 Å². The van der Waals surface area contributed by atoms with Crippen LogP contribution in [0.1, 0.15) is 129 Å². The Kier molecular flexibility index (Phi) is 18.5. The van der Waals surface area contributed by atoms with E-state index in [1.165, 1.54) is 83.5 Å². The number of carboxylic acid groups (broad SMARTS) is 2. The zero-order chi connectivity index (χ0) is 21.0. The molecule has 0 fully saturated rings. The molecule has 0 bridgehead atoms. The summed E-state index contributed by atoms with van der Waals surface area (Å²) in [5.74, 6) is -3.39. The van der Waals surface area contributed by atoms with E-state index < -0.39 is 17.9 Å². The van der Waals surface area contributed by atoms with Crippen LogP contribution in [0.5, 0.6) is 0 Å². The summed E-state index contributed by atoms with van der Waals surface area (Å²) >= 11 is 0. The van der Waals surface area contributed by atoms with E-state index in [9.17, 15) is 19.8 Å². The van der Waals surface area contributed by atoms with Gasteiger partial charge in [-0.15, -0.1) is 0 Å². The smallest absolute Gasteiger partial charge is 0.317 e. The second-order valence-electron chi connectivity index (χ2n) is 8.50. The maximum atomic E-state index is 11.3. The first-order chi connectivity index (χ1) is 13.5. The second kappa shape index (κ2) is 19.3. The number of unbranched alkanes of at least 4 members (excludes halogenated alkanes) is 13. The van der Waals surface area contributed by atoms with E-state index in [-0.39, 0.29) is 12.3 Å². The van der Waals surface area contributed by atoms with Crippen molar-refractivity contribution in [2.75, 3.05) is 0 Å². The van der Waals surface area contributed by atoms with Gasteiger partial charge in [-0.1, -0.05) is 123 Å². The average Bonchev–Trinajstić information content (AvgIpc) is 2.65. The van der Waals surface area contributed by atoms with Crippen LogP contribution < -0.4 is 0 Å². The van der Waals surface area contributed by atoms with E-state index in [0.29, 0.717) is 0 Å². The van der Waals surface area contributed by atoms with Crippen molar-refractivity contribution in [1.82, 2.24) is 0 Å². The van der Waals surface area contributed by atoms with Crippen molar-refractivity contribution in [3.05, 3.63) is 0 Å². The fourth-order valence-electron chi connectivity index (χ4n) is 3.98. The van der Waals surface area contributed by atoms with Crippen LogP contribution >= 0.6 is 0 Å². The minimum absolute atomic E-state index is 0.230. The summed E-state index contributed by atoms with van der Waals surface area (Å²) in [4.78, 5) is 22.5. The van der Waals surface area contributed by atoms with Gasteiger partial charge in [0.05, 0.1) is 0 Å². The first kappa shape index (κ1) is 26.9. The van der Waals surface area contributed by atoms with Gasteiger partial charge in [0, 0.05) is 0 Å². The number of rotatable bonds is 21. The van der Waals surface area contributed by atoms with Crippen molar-refractivity contribution in [3.8, 4) is 0 Å². The van der Waals surface area contributed by atoms with E-state index in [1.54, 1.807) is 0 Å². The summed E-state index contributed by atoms with van der Waals surface area (Å²) in [7, 11) is 0. The molecule has 2 N–H and O–H groups in total. The molecule has 0 aliphatic carbocycles. The van der Waals surface area contributed by atoms with Gasteiger partial charge in [0.1, 0.15) is 0 Å². The summed E-state index contributed by atoms with van der Waals surface area (Å²) in [5, 5.41) is 18.4. The van der Waals surface area contributed by atoms with Gasteiger partial charge in [-0.25, -0.2) is 0 Å². The maximum absolute atomic E-state index is 11.3. The molecule has 0 heterocycles. The zero-order valence-electron chi connectivity index (χ0n) is 18.6. The summed E-state index contributed by atoms with van der Waals surface area (Å²) < 4.78 is 0. The lowest BCUT2D eigenvalue weighted by Gasteiger charge is -2.19. The van der Waals surface area contributed by atoms with Gasteiger partial charge in [-0.05, 0) is 12.3 Å². The molecule has 0 aliphatic heterocycles.